The number of carbonyl (C=O) groups is 1. The zero-order valence-corrected chi connectivity index (χ0v) is 12.9. The van der Waals surface area contributed by atoms with Crippen LogP contribution >= 0.6 is 11.6 Å². The molecule has 0 saturated carbocycles. The Morgan fingerprint density at radius 1 is 1.55 bits per heavy atom. The maximum atomic E-state index is 11.5. The monoisotopic (exact) mass is 295 g/mol. The number of likely N-dealkylation sites (tertiary alicyclic amines) is 1. The van der Waals surface area contributed by atoms with Crippen molar-refractivity contribution in [3.05, 3.63) is 34.9 Å². The van der Waals surface area contributed by atoms with Gasteiger partial charge in [-0.25, -0.2) is 0 Å². The molecule has 20 heavy (non-hydrogen) atoms. The van der Waals surface area contributed by atoms with Gasteiger partial charge in [-0.1, -0.05) is 30.7 Å². The lowest BCUT2D eigenvalue weighted by Gasteiger charge is -2.41. The molecule has 4 heteroatoms. The molecule has 0 aliphatic carbocycles. The Balaban J connectivity index is 2.21. The summed E-state index contributed by atoms with van der Waals surface area (Å²) in [5, 5.41) is 10.2. The van der Waals surface area contributed by atoms with E-state index in [1.807, 2.05) is 25.1 Å². The van der Waals surface area contributed by atoms with Crippen molar-refractivity contribution in [1.82, 2.24) is 4.90 Å². The van der Waals surface area contributed by atoms with Gasteiger partial charge in [0.15, 0.2) is 0 Å². The molecule has 3 nitrogen and oxygen atoms in total. The first kappa shape index (κ1) is 15.3. The second-order valence-corrected chi connectivity index (χ2v) is 6.36. The van der Waals surface area contributed by atoms with Crippen molar-refractivity contribution < 1.29 is 9.90 Å². The van der Waals surface area contributed by atoms with E-state index in [2.05, 4.69) is 17.9 Å². The summed E-state index contributed by atoms with van der Waals surface area (Å²) in [4.78, 5) is 13.8. The quantitative estimate of drug-likeness (QED) is 0.913. The Labute approximate surface area is 125 Å². The van der Waals surface area contributed by atoms with Crippen LogP contribution in [0.25, 0.3) is 0 Å². The van der Waals surface area contributed by atoms with Gasteiger partial charge in [0.2, 0.25) is 0 Å². The standard InChI is InChI=1S/C16H22ClNO2/c1-3-14(12-6-4-7-13(17)10-12)18-9-5-8-16(2,11-18)15(19)20/h4,6-7,10,14H,3,5,8-9,11H2,1-2H3,(H,19,20). The Morgan fingerprint density at radius 2 is 2.30 bits per heavy atom. The number of benzene rings is 1. The van der Waals surface area contributed by atoms with Crippen molar-refractivity contribution in [3.8, 4) is 0 Å². The molecule has 0 spiro atoms. The van der Waals surface area contributed by atoms with E-state index in [4.69, 9.17) is 11.6 Å². The van der Waals surface area contributed by atoms with E-state index in [-0.39, 0.29) is 6.04 Å². The predicted octanol–water partition coefficient (Wildman–Crippen LogP) is 3.98. The molecule has 1 aliphatic heterocycles. The smallest absolute Gasteiger partial charge is 0.310 e. The molecule has 0 aromatic heterocycles. The van der Waals surface area contributed by atoms with Crippen LogP contribution < -0.4 is 0 Å². The van der Waals surface area contributed by atoms with Crippen molar-refractivity contribution in [1.29, 1.82) is 0 Å². The topological polar surface area (TPSA) is 40.5 Å². The summed E-state index contributed by atoms with van der Waals surface area (Å²) >= 11 is 6.08. The van der Waals surface area contributed by atoms with Crippen LogP contribution in [0.15, 0.2) is 24.3 Å². The van der Waals surface area contributed by atoms with Gasteiger partial charge < -0.3 is 5.11 Å². The lowest BCUT2D eigenvalue weighted by molar-refractivity contribution is -0.151. The highest BCUT2D eigenvalue weighted by atomic mass is 35.5. The van der Waals surface area contributed by atoms with E-state index in [1.54, 1.807) is 0 Å². The number of carboxylic acids is 1. The molecule has 0 amide bonds. The zero-order valence-electron chi connectivity index (χ0n) is 12.1. The molecule has 1 aromatic rings. The molecule has 1 saturated heterocycles. The first-order chi connectivity index (χ1) is 9.46. The molecule has 1 aromatic carbocycles. The maximum absolute atomic E-state index is 11.5. The number of nitrogens with zero attached hydrogens (tertiary/aromatic N) is 1. The van der Waals surface area contributed by atoms with Gasteiger partial charge in [0.25, 0.3) is 0 Å². The molecule has 110 valence electrons. The minimum Gasteiger partial charge on any atom is -0.481 e. The number of aliphatic carboxylic acids is 1. The van der Waals surface area contributed by atoms with Crippen molar-refractivity contribution in [2.45, 2.75) is 39.2 Å². The van der Waals surface area contributed by atoms with Crippen LogP contribution in [0.5, 0.6) is 0 Å². The van der Waals surface area contributed by atoms with Gasteiger partial charge in [-0.3, -0.25) is 9.69 Å². The van der Waals surface area contributed by atoms with Gasteiger partial charge in [0.1, 0.15) is 0 Å². The highest BCUT2D eigenvalue weighted by molar-refractivity contribution is 6.30. The number of hydrogen-bond donors (Lipinski definition) is 1. The lowest BCUT2D eigenvalue weighted by atomic mass is 9.81. The van der Waals surface area contributed by atoms with Crippen molar-refractivity contribution in [2.75, 3.05) is 13.1 Å². The zero-order chi connectivity index (χ0) is 14.8. The summed E-state index contributed by atoms with van der Waals surface area (Å²) in [5.41, 5.74) is 0.541. The summed E-state index contributed by atoms with van der Waals surface area (Å²) in [5.74, 6) is -0.692. The van der Waals surface area contributed by atoms with Crippen LogP contribution in [0.3, 0.4) is 0 Å². The van der Waals surface area contributed by atoms with Gasteiger partial charge >= 0.3 is 5.97 Å². The largest absolute Gasteiger partial charge is 0.481 e. The third-order valence-electron chi connectivity index (χ3n) is 4.30. The van der Waals surface area contributed by atoms with Crippen LogP contribution in [-0.2, 0) is 4.79 Å². The fraction of sp³-hybridized carbons (Fsp3) is 0.562. The van der Waals surface area contributed by atoms with E-state index in [9.17, 15) is 9.90 Å². The fourth-order valence-electron chi connectivity index (χ4n) is 3.14. The third-order valence-corrected chi connectivity index (χ3v) is 4.54. The molecular formula is C16H22ClNO2. The van der Waals surface area contributed by atoms with Crippen molar-refractivity contribution in [2.24, 2.45) is 5.41 Å². The summed E-state index contributed by atoms with van der Waals surface area (Å²) in [6, 6.07) is 8.14. The van der Waals surface area contributed by atoms with Crippen LogP contribution in [0, 0.1) is 5.41 Å². The van der Waals surface area contributed by atoms with Gasteiger partial charge in [0.05, 0.1) is 5.41 Å². The van der Waals surface area contributed by atoms with Crippen LogP contribution in [0.2, 0.25) is 5.02 Å². The Kier molecular flexibility index (Phi) is 4.71. The number of carboxylic acid groups (broad SMARTS) is 1. The molecule has 2 rings (SSSR count). The average Bonchev–Trinajstić information content (AvgIpc) is 2.40. The van der Waals surface area contributed by atoms with E-state index in [0.29, 0.717) is 6.54 Å². The molecule has 1 heterocycles. The van der Waals surface area contributed by atoms with Gasteiger partial charge in [-0.05, 0) is 50.4 Å². The Hall–Kier alpha value is -1.06. The molecule has 1 N–H and O–H groups in total. The summed E-state index contributed by atoms with van der Waals surface area (Å²) < 4.78 is 0. The number of piperidine rings is 1. The SMILES string of the molecule is CCC(c1cccc(Cl)c1)N1CCCC(C)(C(=O)O)C1. The van der Waals surface area contributed by atoms with E-state index in [0.717, 1.165) is 30.8 Å². The Morgan fingerprint density at radius 3 is 2.90 bits per heavy atom. The minimum atomic E-state index is -0.692. The van der Waals surface area contributed by atoms with Crippen LogP contribution in [0.1, 0.15) is 44.7 Å². The maximum Gasteiger partial charge on any atom is 0.310 e. The van der Waals surface area contributed by atoms with Gasteiger partial charge in [-0.2, -0.15) is 0 Å². The summed E-state index contributed by atoms with van der Waals surface area (Å²) in [6.07, 6.45) is 2.64. The van der Waals surface area contributed by atoms with Crippen molar-refractivity contribution >= 4 is 17.6 Å². The molecular weight excluding hydrogens is 274 g/mol. The second kappa shape index (κ2) is 6.15. The van der Waals surface area contributed by atoms with Crippen molar-refractivity contribution in [3.63, 3.8) is 0 Å². The Bertz CT molecular complexity index is 491. The molecule has 0 bridgehead atoms. The molecule has 1 aliphatic rings. The fourth-order valence-corrected chi connectivity index (χ4v) is 3.34. The molecule has 2 atom stereocenters. The van der Waals surface area contributed by atoms with Crippen LogP contribution in [-0.4, -0.2) is 29.1 Å². The minimum absolute atomic E-state index is 0.243. The van der Waals surface area contributed by atoms with Gasteiger partial charge in [-0.15, -0.1) is 0 Å². The molecule has 0 radical (unpaired) electrons. The highest BCUT2D eigenvalue weighted by Gasteiger charge is 2.39. The van der Waals surface area contributed by atoms with Crippen LogP contribution in [0.4, 0.5) is 0 Å². The van der Waals surface area contributed by atoms with E-state index >= 15 is 0 Å². The average molecular weight is 296 g/mol. The number of hydrogen-bond acceptors (Lipinski definition) is 2. The van der Waals surface area contributed by atoms with E-state index < -0.39 is 11.4 Å². The summed E-state index contributed by atoms with van der Waals surface area (Å²) in [6.45, 7) is 5.55. The first-order valence-electron chi connectivity index (χ1n) is 7.19. The normalized spacial score (nSPS) is 25.4. The third kappa shape index (κ3) is 3.15. The predicted molar refractivity (Wildman–Crippen MR) is 81.0 cm³/mol. The highest BCUT2D eigenvalue weighted by Crippen LogP contribution is 2.36. The lowest BCUT2D eigenvalue weighted by Crippen LogP contribution is -2.47. The molecule has 1 fully saturated rings. The number of rotatable bonds is 4. The van der Waals surface area contributed by atoms with Gasteiger partial charge in [0, 0.05) is 17.6 Å². The summed E-state index contributed by atoms with van der Waals surface area (Å²) in [7, 11) is 0. The molecule has 2 unspecified atom stereocenters. The number of halogens is 1. The first-order valence-corrected chi connectivity index (χ1v) is 7.57. The van der Waals surface area contributed by atoms with E-state index in [1.165, 1.54) is 5.56 Å². The second-order valence-electron chi connectivity index (χ2n) is 5.92.